The fraction of sp³-hybridized carbons (Fsp3) is 0.727. The van der Waals surface area contributed by atoms with Gasteiger partial charge in [-0.15, -0.1) is 0 Å². The normalized spacial score (nSPS) is 16.1. The lowest BCUT2D eigenvalue weighted by Crippen LogP contribution is -2.22. The van der Waals surface area contributed by atoms with Gasteiger partial charge in [0.15, 0.2) is 0 Å². The van der Waals surface area contributed by atoms with Crippen molar-refractivity contribution in [1.82, 2.24) is 9.78 Å². The first-order valence-electron chi connectivity index (χ1n) is 5.38. The van der Waals surface area contributed by atoms with Gasteiger partial charge in [-0.05, 0) is 32.9 Å². The number of rotatable bonds is 4. The van der Waals surface area contributed by atoms with Crippen LogP contribution in [0.2, 0.25) is 0 Å². The second-order valence-electron chi connectivity index (χ2n) is 4.91. The molecule has 92 valence electrons. The maximum absolute atomic E-state index is 9.86. The molecule has 0 saturated carbocycles. The van der Waals surface area contributed by atoms with E-state index in [1.54, 1.807) is 17.1 Å². The third-order valence-electron chi connectivity index (χ3n) is 2.42. The van der Waals surface area contributed by atoms with E-state index < -0.39 is 12.2 Å². The van der Waals surface area contributed by atoms with Gasteiger partial charge in [-0.1, -0.05) is 0 Å². The van der Waals surface area contributed by atoms with Crippen molar-refractivity contribution in [1.29, 1.82) is 0 Å². The van der Waals surface area contributed by atoms with Crippen molar-refractivity contribution < 1.29 is 10.2 Å². The van der Waals surface area contributed by atoms with Gasteiger partial charge in [0.1, 0.15) is 6.10 Å². The molecule has 1 aromatic heterocycles. The monoisotopic (exact) mass is 244 g/mol. The summed E-state index contributed by atoms with van der Waals surface area (Å²) in [6.45, 7) is 6.08. The van der Waals surface area contributed by atoms with Crippen molar-refractivity contribution >= 4 is 12.6 Å². The number of aromatic nitrogens is 2. The second kappa shape index (κ2) is 5.21. The van der Waals surface area contributed by atoms with Crippen LogP contribution in [0.1, 0.15) is 38.9 Å². The Morgan fingerprint density at radius 1 is 1.44 bits per heavy atom. The molecule has 2 atom stereocenters. The van der Waals surface area contributed by atoms with Crippen molar-refractivity contribution in [2.45, 2.75) is 44.9 Å². The molecule has 0 aliphatic heterocycles. The number of aliphatic hydroxyl groups excluding tert-OH is 2. The molecule has 0 fully saturated rings. The molecular formula is C11H20N2O2S. The maximum Gasteiger partial charge on any atom is 0.108 e. The van der Waals surface area contributed by atoms with Crippen LogP contribution in [-0.2, 0) is 5.54 Å². The molecule has 0 saturated heterocycles. The van der Waals surface area contributed by atoms with E-state index in [2.05, 4.69) is 17.7 Å². The van der Waals surface area contributed by atoms with E-state index in [9.17, 15) is 10.2 Å². The lowest BCUT2D eigenvalue weighted by Gasteiger charge is -2.19. The zero-order chi connectivity index (χ0) is 12.3. The quantitative estimate of drug-likeness (QED) is 0.701. The number of nitrogens with zero attached hydrogens (tertiary/aromatic N) is 2. The third kappa shape index (κ3) is 3.23. The summed E-state index contributed by atoms with van der Waals surface area (Å²) in [5, 5.41) is 23.7. The van der Waals surface area contributed by atoms with Crippen LogP contribution >= 0.6 is 12.6 Å². The van der Waals surface area contributed by atoms with Crippen molar-refractivity contribution in [3.05, 3.63) is 18.0 Å². The molecule has 0 aliphatic rings. The summed E-state index contributed by atoms with van der Waals surface area (Å²) in [5.74, 6) is 0.547. The van der Waals surface area contributed by atoms with Crippen molar-refractivity contribution in [2.24, 2.45) is 0 Å². The van der Waals surface area contributed by atoms with Crippen LogP contribution in [0.4, 0.5) is 0 Å². The van der Waals surface area contributed by atoms with E-state index in [4.69, 9.17) is 0 Å². The fourth-order valence-electron chi connectivity index (χ4n) is 1.37. The van der Waals surface area contributed by atoms with Gasteiger partial charge in [0.05, 0.1) is 17.8 Å². The standard InChI is InChI=1S/C11H20N2O2S/c1-11(2,3)13-7-8(6-12-13)10(15)9(14)4-5-16/h6-7,9-10,14-16H,4-5H2,1-3H3. The minimum Gasteiger partial charge on any atom is -0.390 e. The van der Waals surface area contributed by atoms with Gasteiger partial charge in [0, 0.05) is 11.8 Å². The van der Waals surface area contributed by atoms with Gasteiger partial charge < -0.3 is 10.2 Å². The van der Waals surface area contributed by atoms with Crippen LogP contribution in [-0.4, -0.2) is 31.9 Å². The molecule has 0 spiro atoms. The molecule has 4 nitrogen and oxygen atoms in total. The Labute approximate surface area is 102 Å². The van der Waals surface area contributed by atoms with E-state index in [0.29, 0.717) is 17.7 Å². The molecular weight excluding hydrogens is 224 g/mol. The van der Waals surface area contributed by atoms with Gasteiger partial charge >= 0.3 is 0 Å². The molecule has 0 amide bonds. The van der Waals surface area contributed by atoms with Gasteiger partial charge in [-0.2, -0.15) is 17.7 Å². The summed E-state index contributed by atoms with van der Waals surface area (Å²) in [5.41, 5.74) is 0.524. The Bertz CT molecular complexity index is 333. The smallest absolute Gasteiger partial charge is 0.108 e. The molecule has 0 radical (unpaired) electrons. The Morgan fingerprint density at radius 2 is 2.06 bits per heavy atom. The SMILES string of the molecule is CC(C)(C)n1cc(C(O)C(O)CCS)cn1. The summed E-state index contributed by atoms with van der Waals surface area (Å²) in [6, 6.07) is 0. The first-order valence-corrected chi connectivity index (χ1v) is 6.01. The minimum atomic E-state index is -0.886. The van der Waals surface area contributed by atoms with Gasteiger partial charge in [0.25, 0.3) is 0 Å². The first kappa shape index (κ1) is 13.5. The molecule has 16 heavy (non-hydrogen) atoms. The average Bonchev–Trinajstić information content (AvgIpc) is 2.65. The zero-order valence-corrected chi connectivity index (χ0v) is 10.9. The zero-order valence-electron chi connectivity index (χ0n) is 9.96. The molecule has 0 aliphatic carbocycles. The van der Waals surface area contributed by atoms with E-state index in [1.807, 2.05) is 20.8 Å². The highest BCUT2D eigenvalue weighted by atomic mass is 32.1. The lowest BCUT2D eigenvalue weighted by molar-refractivity contribution is 0.0171. The van der Waals surface area contributed by atoms with Gasteiger partial charge in [0.2, 0.25) is 0 Å². The van der Waals surface area contributed by atoms with Crippen LogP contribution in [0.25, 0.3) is 0 Å². The fourth-order valence-corrected chi connectivity index (χ4v) is 1.63. The average molecular weight is 244 g/mol. The highest BCUT2D eigenvalue weighted by molar-refractivity contribution is 7.80. The van der Waals surface area contributed by atoms with Crippen LogP contribution in [0, 0.1) is 0 Å². The molecule has 0 aromatic carbocycles. The maximum atomic E-state index is 9.86. The molecule has 1 rings (SSSR count). The predicted octanol–water partition coefficient (Wildman–Crippen LogP) is 1.35. The van der Waals surface area contributed by atoms with Gasteiger partial charge in [-0.25, -0.2) is 0 Å². The van der Waals surface area contributed by atoms with Crippen molar-refractivity contribution in [3.63, 3.8) is 0 Å². The lowest BCUT2D eigenvalue weighted by atomic mass is 10.1. The summed E-state index contributed by atoms with van der Waals surface area (Å²) in [4.78, 5) is 0. The van der Waals surface area contributed by atoms with Crippen LogP contribution in [0.5, 0.6) is 0 Å². The van der Waals surface area contributed by atoms with E-state index in [-0.39, 0.29) is 5.54 Å². The van der Waals surface area contributed by atoms with Crippen LogP contribution in [0.15, 0.2) is 12.4 Å². The van der Waals surface area contributed by atoms with E-state index in [0.717, 1.165) is 0 Å². The van der Waals surface area contributed by atoms with E-state index in [1.165, 1.54) is 0 Å². The second-order valence-corrected chi connectivity index (χ2v) is 5.36. The number of hydrogen-bond acceptors (Lipinski definition) is 4. The topological polar surface area (TPSA) is 58.3 Å². The molecule has 1 aromatic rings. The Morgan fingerprint density at radius 3 is 2.50 bits per heavy atom. The largest absolute Gasteiger partial charge is 0.390 e. The molecule has 5 heteroatoms. The number of aliphatic hydroxyl groups is 2. The number of hydrogen-bond donors (Lipinski definition) is 3. The van der Waals surface area contributed by atoms with Gasteiger partial charge in [-0.3, -0.25) is 4.68 Å². The Hall–Kier alpha value is -0.520. The summed E-state index contributed by atoms with van der Waals surface area (Å²) < 4.78 is 1.78. The minimum absolute atomic E-state index is 0.119. The van der Waals surface area contributed by atoms with Crippen molar-refractivity contribution in [3.8, 4) is 0 Å². The molecule has 2 unspecified atom stereocenters. The van der Waals surface area contributed by atoms with Crippen LogP contribution in [0.3, 0.4) is 0 Å². The summed E-state index contributed by atoms with van der Waals surface area (Å²) in [7, 11) is 0. The summed E-state index contributed by atoms with van der Waals surface area (Å²) >= 11 is 4.03. The number of thiol groups is 1. The highest BCUT2D eigenvalue weighted by Gasteiger charge is 2.21. The third-order valence-corrected chi connectivity index (χ3v) is 2.68. The first-order chi connectivity index (χ1) is 7.36. The highest BCUT2D eigenvalue weighted by Crippen LogP contribution is 2.21. The molecule has 1 heterocycles. The summed E-state index contributed by atoms with van der Waals surface area (Å²) in [6.07, 6.45) is 2.16. The van der Waals surface area contributed by atoms with Crippen LogP contribution < -0.4 is 0 Å². The molecule has 2 N–H and O–H groups in total. The Balaban J connectivity index is 2.78. The predicted molar refractivity (Wildman–Crippen MR) is 66.7 cm³/mol. The van der Waals surface area contributed by atoms with E-state index >= 15 is 0 Å². The Kier molecular flexibility index (Phi) is 4.41. The van der Waals surface area contributed by atoms with Crippen molar-refractivity contribution in [2.75, 3.05) is 5.75 Å². The molecule has 0 bridgehead atoms.